The summed E-state index contributed by atoms with van der Waals surface area (Å²) in [6, 6.07) is 16.9. The number of para-hydroxylation sites is 1. The van der Waals surface area contributed by atoms with Gasteiger partial charge in [-0.25, -0.2) is 4.68 Å². The fourth-order valence-corrected chi connectivity index (χ4v) is 5.73. The number of carbonyl (C=O) groups is 1. The quantitative estimate of drug-likeness (QED) is 0.274. The first-order chi connectivity index (χ1) is 19.3. The van der Waals surface area contributed by atoms with Crippen LogP contribution in [0, 0.1) is 13.8 Å². The molecule has 40 heavy (non-hydrogen) atoms. The van der Waals surface area contributed by atoms with Crippen LogP contribution in [-0.2, 0) is 29.7 Å². The Hall–Kier alpha value is -3.91. The Morgan fingerprint density at radius 2 is 1.95 bits per heavy atom. The van der Waals surface area contributed by atoms with E-state index in [1.807, 2.05) is 26.1 Å². The van der Waals surface area contributed by atoms with Gasteiger partial charge in [0.25, 0.3) is 0 Å². The highest BCUT2D eigenvalue weighted by Crippen LogP contribution is 2.38. The predicted molar refractivity (Wildman–Crippen MR) is 155 cm³/mol. The predicted octanol–water partition coefficient (Wildman–Crippen LogP) is 5.46. The lowest BCUT2D eigenvalue weighted by Gasteiger charge is -2.25. The van der Waals surface area contributed by atoms with Gasteiger partial charge < -0.3 is 14.2 Å². The van der Waals surface area contributed by atoms with Gasteiger partial charge in [-0.05, 0) is 60.2 Å². The van der Waals surface area contributed by atoms with Gasteiger partial charge in [0.2, 0.25) is 0 Å². The largest absolute Gasteiger partial charge is 0.494 e. The second kappa shape index (κ2) is 11.7. The summed E-state index contributed by atoms with van der Waals surface area (Å²) in [4.78, 5) is 15.1. The first kappa shape index (κ1) is 27.6. The monoisotopic (exact) mass is 542 g/mol. The van der Waals surface area contributed by atoms with E-state index in [-0.39, 0.29) is 24.4 Å². The van der Waals surface area contributed by atoms with Gasteiger partial charge in [-0.1, -0.05) is 48.5 Å². The van der Waals surface area contributed by atoms with Gasteiger partial charge >= 0.3 is 5.97 Å². The number of benzene rings is 3. The number of rotatable bonds is 8. The van der Waals surface area contributed by atoms with Crippen molar-refractivity contribution in [2.24, 2.45) is 7.05 Å². The summed E-state index contributed by atoms with van der Waals surface area (Å²) in [5, 5.41) is 8.63. The van der Waals surface area contributed by atoms with E-state index < -0.39 is 0 Å². The molecule has 0 saturated heterocycles. The zero-order valence-electron chi connectivity index (χ0n) is 24.2. The average Bonchev–Trinajstić information content (AvgIpc) is 3.25. The van der Waals surface area contributed by atoms with E-state index in [2.05, 4.69) is 65.5 Å². The van der Waals surface area contributed by atoms with Crippen LogP contribution in [0.25, 0.3) is 11.0 Å². The molecule has 210 valence electrons. The van der Waals surface area contributed by atoms with Crippen molar-refractivity contribution < 1.29 is 19.0 Å². The van der Waals surface area contributed by atoms with Crippen molar-refractivity contribution in [1.29, 1.82) is 0 Å². The van der Waals surface area contributed by atoms with Crippen molar-refractivity contribution in [3.63, 3.8) is 0 Å². The molecule has 0 aliphatic carbocycles. The van der Waals surface area contributed by atoms with E-state index in [0.29, 0.717) is 5.75 Å². The van der Waals surface area contributed by atoms with Crippen LogP contribution in [0.2, 0.25) is 0 Å². The zero-order valence-corrected chi connectivity index (χ0v) is 24.2. The minimum Gasteiger partial charge on any atom is -0.494 e. The molecule has 1 aromatic heterocycles. The van der Waals surface area contributed by atoms with Gasteiger partial charge in [-0.2, -0.15) is 0 Å². The Labute approximate surface area is 235 Å². The van der Waals surface area contributed by atoms with E-state index in [1.54, 1.807) is 11.8 Å². The third-order valence-electron chi connectivity index (χ3n) is 8.08. The van der Waals surface area contributed by atoms with Crippen molar-refractivity contribution in [3.05, 3.63) is 81.9 Å². The molecular weight excluding hydrogens is 504 g/mol. The van der Waals surface area contributed by atoms with Crippen LogP contribution in [-0.4, -0.2) is 52.7 Å². The third-order valence-corrected chi connectivity index (χ3v) is 8.08. The van der Waals surface area contributed by atoms with Crippen LogP contribution >= 0.6 is 0 Å². The molecular formula is C32H38N4O4. The van der Waals surface area contributed by atoms with Crippen LogP contribution in [0.4, 0.5) is 0 Å². The SMILES string of the molecule is CCC1CN(Cc2cc(C(CC(=O)OC)c3cc(OC)c4c(nnn4C)c3C)ccc2C)Cc2ccccc2O1. The van der Waals surface area contributed by atoms with Gasteiger partial charge in [-0.3, -0.25) is 9.69 Å². The molecule has 0 bridgehead atoms. The summed E-state index contributed by atoms with van der Waals surface area (Å²) >= 11 is 0. The lowest BCUT2D eigenvalue weighted by molar-refractivity contribution is -0.140. The highest BCUT2D eigenvalue weighted by atomic mass is 16.5. The molecule has 3 aromatic carbocycles. The van der Waals surface area contributed by atoms with E-state index in [0.717, 1.165) is 59.5 Å². The summed E-state index contributed by atoms with van der Waals surface area (Å²) < 4.78 is 18.9. The normalized spacial score (nSPS) is 16.2. The number of nitrogens with zero attached hydrogens (tertiary/aromatic N) is 4. The Morgan fingerprint density at radius 1 is 1.15 bits per heavy atom. The Bertz CT molecular complexity index is 1530. The van der Waals surface area contributed by atoms with Gasteiger partial charge in [0.15, 0.2) is 0 Å². The maximum atomic E-state index is 12.7. The number of hydrogen-bond donors (Lipinski definition) is 0. The van der Waals surface area contributed by atoms with Gasteiger partial charge in [0.1, 0.15) is 28.6 Å². The highest BCUT2D eigenvalue weighted by molar-refractivity contribution is 5.86. The maximum absolute atomic E-state index is 12.7. The van der Waals surface area contributed by atoms with Crippen molar-refractivity contribution in [1.82, 2.24) is 19.9 Å². The van der Waals surface area contributed by atoms with Crippen molar-refractivity contribution >= 4 is 17.0 Å². The van der Waals surface area contributed by atoms with Crippen LogP contribution in [0.15, 0.2) is 48.5 Å². The molecule has 8 nitrogen and oxygen atoms in total. The van der Waals surface area contributed by atoms with Crippen molar-refractivity contribution in [3.8, 4) is 11.5 Å². The lowest BCUT2D eigenvalue weighted by atomic mass is 9.84. The number of fused-ring (bicyclic) bond motifs is 2. The molecule has 2 atom stereocenters. The maximum Gasteiger partial charge on any atom is 0.306 e. The number of hydrogen-bond acceptors (Lipinski definition) is 7. The van der Waals surface area contributed by atoms with Crippen molar-refractivity contribution in [2.45, 2.75) is 58.7 Å². The number of methoxy groups -OCH3 is 2. The number of carbonyl (C=O) groups excluding carboxylic acids is 1. The molecule has 0 radical (unpaired) electrons. The minimum atomic E-state index is -0.267. The molecule has 1 aliphatic heterocycles. The fraction of sp³-hybridized carbons (Fsp3) is 0.406. The fourth-order valence-electron chi connectivity index (χ4n) is 5.73. The van der Waals surface area contributed by atoms with Gasteiger partial charge in [0.05, 0.1) is 20.6 Å². The summed E-state index contributed by atoms with van der Waals surface area (Å²) in [6.45, 7) is 8.80. The second-order valence-corrected chi connectivity index (χ2v) is 10.6. The van der Waals surface area contributed by atoms with Crippen LogP contribution in [0.1, 0.15) is 59.1 Å². The van der Waals surface area contributed by atoms with Gasteiger partial charge in [0, 0.05) is 38.2 Å². The molecule has 0 fully saturated rings. The number of aromatic nitrogens is 3. The molecule has 0 N–H and O–H groups in total. The smallest absolute Gasteiger partial charge is 0.306 e. The van der Waals surface area contributed by atoms with Crippen LogP contribution < -0.4 is 9.47 Å². The Morgan fingerprint density at radius 3 is 2.70 bits per heavy atom. The first-order valence-electron chi connectivity index (χ1n) is 13.8. The Balaban J connectivity index is 1.54. The zero-order chi connectivity index (χ0) is 28.4. The highest BCUT2D eigenvalue weighted by Gasteiger charge is 2.27. The third kappa shape index (κ3) is 5.41. The van der Waals surface area contributed by atoms with Crippen LogP contribution in [0.3, 0.4) is 0 Å². The van der Waals surface area contributed by atoms with Crippen LogP contribution in [0.5, 0.6) is 11.5 Å². The van der Waals surface area contributed by atoms with E-state index in [9.17, 15) is 4.79 Å². The molecule has 0 saturated carbocycles. The topological polar surface area (TPSA) is 78.7 Å². The lowest BCUT2D eigenvalue weighted by Crippen LogP contribution is -2.32. The van der Waals surface area contributed by atoms with E-state index in [1.165, 1.54) is 23.8 Å². The molecule has 0 amide bonds. The second-order valence-electron chi connectivity index (χ2n) is 10.6. The average molecular weight is 543 g/mol. The number of aryl methyl sites for hydroxylation is 3. The molecule has 2 heterocycles. The van der Waals surface area contributed by atoms with E-state index >= 15 is 0 Å². The first-order valence-corrected chi connectivity index (χ1v) is 13.8. The number of ether oxygens (including phenoxy) is 3. The van der Waals surface area contributed by atoms with E-state index in [4.69, 9.17) is 14.2 Å². The molecule has 1 aliphatic rings. The molecule has 2 unspecified atom stereocenters. The number of esters is 1. The summed E-state index contributed by atoms with van der Waals surface area (Å²) in [5.41, 5.74) is 8.26. The molecule has 8 heteroatoms. The van der Waals surface area contributed by atoms with Crippen molar-refractivity contribution in [2.75, 3.05) is 20.8 Å². The standard InChI is InChI=1S/C32H38N4O4/c1-7-25-19-36(17-23-10-8-9-11-28(23)40-25)18-24-14-22(13-12-20(24)2)27(16-30(37)39-6)26-15-29(38-5)32-31(21(26)3)33-34-35(32)4/h8-15,25,27H,7,16-19H2,1-6H3. The van der Waals surface area contributed by atoms with Gasteiger partial charge in [-0.15, -0.1) is 5.10 Å². The molecule has 5 rings (SSSR count). The molecule has 0 spiro atoms. The summed E-state index contributed by atoms with van der Waals surface area (Å²) in [7, 11) is 4.93. The minimum absolute atomic E-state index is 0.132. The molecule has 4 aromatic rings. The summed E-state index contributed by atoms with van der Waals surface area (Å²) in [5.74, 6) is 1.16. The Kier molecular flexibility index (Phi) is 8.07. The summed E-state index contributed by atoms with van der Waals surface area (Å²) in [6.07, 6.45) is 1.28.